The quantitative estimate of drug-likeness (QED) is 0.520. The molecule has 4 heteroatoms. The van der Waals surface area contributed by atoms with Gasteiger partial charge < -0.3 is 15.0 Å². The first kappa shape index (κ1) is 19.7. The van der Waals surface area contributed by atoms with Crippen molar-refractivity contribution < 1.29 is 4.74 Å². The summed E-state index contributed by atoms with van der Waals surface area (Å²) < 4.78 is 6.17. The van der Waals surface area contributed by atoms with Crippen LogP contribution in [-0.2, 0) is 13.2 Å². The largest absolute Gasteiger partial charge is 0.488 e. The Morgan fingerprint density at radius 3 is 2.56 bits per heavy atom. The molecule has 0 aromatic heterocycles. The fraction of sp³-hybridized carbons (Fsp3) is 0.304. The van der Waals surface area contributed by atoms with E-state index in [0.717, 1.165) is 42.4 Å². The Labute approximate surface area is 166 Å². The van der Waals surface area contributed by atoms with Crippen molar-refractivity contribution in [3.63, 3.8) is 0 Å². The Morgan fingerprint density at radius 1 is 0.963 bits per heavy atom. The van der Waals surface area contributed by atoms with Crippen LogP contribution in [0.25, 0.3) is 10.8 Å². The van der Waals surface area contributed by atoms with Gasteiger partial charge in [0.2, 0.25) is 0 Å². The first-order chi connectivity index (χ1) is 13.1. The molecule has 0 bridgehead atoms. The molecule has 3 rings (SSSR count). The molecule has 0 unspecified atom stereocenters. The monoisotopic (exact) mass is 382 g/mol. The maximum atomic E-state index is 6.27. The molecule has 0 atom stereocenters. The Bertz CT molecular complexity index is 879. The fourth-order valence-corrected chi connectivity index (χ4v) is 3.33. The third-order valence-electron chi connectivity index (χ3n) is 4.60. The molecule has 0 aliphatic heterocycles. The summed E-state index contributed by atoms with van der Waals surface area (Å²) in [5.74, 6) is 0.911. The van der Waals surface area contributed by atoms with Gasteiger partial charge in [0.15, 0.2) is 0 Å². The molecule has 0 amide bonds. The SMILES string of the molecule is CN(C)CCCNCc1c(OCc2ccccc2Cl)ccc2ccccc12. The second kappa shape index (κ2) is 9.75. The zero-order chi connectivity index (χ0) is 19.1. The van der Waals surface area contributed by atoms with Crippen molar-refractivity contribution in [3.05, 3.63) is 76.8 Å². The Kier molecular flexibility index (Phi) is 7.11. The minimum absolute atomic E-state index is 0.464. The zero-order valence-corrected chi connectivity index (χ0v) is 16.8. The smallest absolute Gasteiger partial charge is 0.124 e. The van der Waals surface area contributed by atoms with Crippen LogP contribution in [0, 0.1) is 0 Å². The van der Waals surface area contributed by atoms with Gasteiger partial charge in [0, 0.05) is 22.7 Å². The standard InChI is InChI=1S/C23H27ClN2O/c1-26(2)15-7-14-25-16-21-20-10-5-3-8-18(20)12-13-23(21)27-17-19-9-4-6-11-22(19)24/h3-6,8-13,25H,7,14-17H2,1-2H3. The van der Waals surface area contributed by atoms with Gasteiger partial charge in [-0.2, -0.15) is 0 Å². The Hall–Kier alpha value is -2.07. The number of ether oxygens (including phenoxy) is 1. The van der Waals surface area contributed by atoms with Crippen molar-refractivity contribution in [2.45, 2.75) is 19.6 Å². The summed E-state index contributed by atoms with van der Waals surface area (Å²) in [6.07, 6.45) is 1.12. The predicted octanol–water partition coefficient (Wildman–Crippen LogP) is 5.11. The third-order valence-corrected chi connectivity index (χ3v) is 4.97. The lowest BCUT2D eigenvalue weighted by Gasteiger charge is -2.16. The van der Waals surface area contributed by atoms with Crippen LogP contribution in [0.5, 0.6) is 5.75 Å². The summed E-state index contributed by atoms with van der Waals surface area (Å²) in [5, 5.41) is 6.76. The molecular formula is C23H27ClN2O. The fourth-order valence-electron chi connectivity index (χ4n) is 3.14. The highest BCUT2D eigenvalue weighted by Crippen LogP contribution is 2.29. The Morgan fingerprint density at radius 2 is 1.74 bits per heavy atom. The van der Waals surface area contributed by atoms with Crippen LogP contribution < -0.4 is 10.1 Å². The van der Waals surface area contributed by atoms with Gasteiger partial charge in [-0.05, 0) is 56.5 Å². The average molecular weight is 383 g/mol. The number of hydrogen-bond donors (Lipinski definition) is 1. The molecule has 0 aliphatic rings. The summed E-state index contributed by atoms with van der Waals surface area (Å²) in [4.78, 5) is 2.21. The molecule has 0 aliphatic carbocycles. The van der Waals surface area contributed by atoms with E-state index in [1.165, 1.54) is 16.3 Å². The average Bonchev–Trinajstić information content (AvgIpc) is 2.67. The first-order valence-corrected chi connectivity index (χ1v) is 9.75. The van der Waals surface area contributed by atoms with Crippen molar-refractivity contribution in [2.75, 3.05) is 27.2 Å². The molecular weight excluding hydrogens is 356 g/mol. The predicted molar refractivity (Wildman–Crippen MR) is 115 cm³/mol. The summed E-state index contributed by atoms with van der Waals surface area (Å²) >= 11 is 6.27. The molecule has 0 radical (unpaired) electrons. The van der Waals surface area contributed by atoms with Crippen LogP contribution in [0.15, 0.2) is 60.7 Å². The third kappa shape index (κ3) is 5.46. The number of nitrogens with zero attached hydrogens (tertiary/aromatic N) is 1. The normalized spacial score (nSPS) is 11.3. The highest BCUT2D eigenvalue weighted by Gasteiger charge is 2.10. The van der Waals surface area contributed by atoms with E-state index < -0.39 is 0 Å². The van der Waals surface area contributed by atoms with Crippen LogP contribution >= 0.6 is 11.6 Å². The second-order valence-corrected chi connectivity index (χ2v) is 7.38. The minimum atomic E-state index is 0.464. The van der Waals surface area contributed by atoms with Gasteiger partial charge in [-0.3, -0.25) is 0 Å². The molecule has 142 valence electrons. The van der Waals surface area contributed by atoms with E-state index in [-0.39, 0.29) is 0 Å². The molecule has 0 heterocycles. The second-order valence-electron chi connectivity index (χ2n) is 6.98. The molecule has 0 saturated carbocycles. The van der Waals surface area contributed by atoms with Gasteiger partial charge in [-0.1, -0.05) is 60.1 Å². The van der Waals surface area contributed by atoms with Crippen LogP contribution in [0.3, 0.4) is 0 Å². The zero-order valence-electron chi connectivity index (χ0n) is 16.0. The van der Waals surface area contributed by atoms with E-state index in [0.29, 0.717) is 6.61 Å². The molecule has 0 fully saturated rings. The van der Waals surface area contributed by atoms with E-state index in [2.05, 4.69) is 60.7 Å². The van der Waals surface area contributed by atoms with Crippen LogP contribution in [0.4, 0.5) is 0 Å². The topological polar surface area (TPSA) is 24.5 Å². The highest BCUT2D eigenvalue weighted by atomic mass is 35.5. The summed E-state index contributed by atoms with van der Waals surface area (Å²) in [6, 6.07) is 20.5. The molecule has 27 heavy (non-hydrogen) atoms. The van der Waals surface area contributed by atoms with Crippen molar-refractivity contribution in [3.8, 4) is 5.75 Å². The number of rotatable bonds is 9. The summed E-state index contributed by atoms with van der Waals surface area (Å²) in [7, 11) is 4.21. The van der Waals surface area contributed by atoms with Gasteiger partial charge >= 0.3 is 0 Å². The molecule has 0 spiro atoms. The van der Waals surface area contributed by atoms with Gasteiger partial charge in [-0.25, -0.2) is 0 Å². The number of fused-ring (bicyclic) bond motifs is 1. The van der Waals surface area contributed by atoms with E-state index in [9.17, 15) is 0 Å². The van der Waals surface area contributed by atoms with Crippen molar-refractivity contribution in [2.24, 2.45) is 0 Å². The first-order valence-electron chi connectivity index (χ1n) is 9.37. The lowest BCUT2D eigenvalue weighted by molar-refractivity contribution is 0.302. The van der Waals surface area contributed by atoms with Crippen LogP contribution in [0.2, 0.25) is 5.02 Å². The molecule has 3 nitrogen and oxygen atoms in total. The lowest BCUT2D eigenvalue weighted by Crippen LogP contribution is -2.21. The number of hydrogen-bond acceptors (Lipinski definition) is 3. The molecule has 0 saturated heterocycles. The number of benzene rings is 3. The van der Waals surface area contributed by atoms with Gasteiger partial charge in [0.1, 0.15) is 12.4 Å². The van der Waals surface area contributed by atoms with Gasteiger partial charge in [0.05, 0.1) is 0 Å². The highest BCUT2D eigenvalue weighted by molar-refractivity contribution is 6.31. The molecule has 1 N–H and O–H groups in total. The molecule has 3 aromatic rings. The van der Waals surface area contributed by atoms with E-state index in [4.69, 9.17) is 16.3 Å². The van der Waals surface area contributed by atoms with E-state index in [1.807, 2.05) is 24.3 Å². The van der Waals surface area contributed by atoms with Crippen molar-refractivity contribution >= 4 is 22.4 Å². The number of halogens is 1. The van der Waals surface area contributed by atoms with Crippen LogP contribution in [-0.4, -0.2) is 32.1 Å². The van der Waals surface area contributed by atoms with Crippen molar-refractivity contribution in [1.82, 2.24) is 10.2 Å². The summed E-state index contributed by atoms with van der Waals surface area (Å²) in [5.41, 5.74) is 2.20. The molecule has 3 aromatic carbocycles. The number of nitrogens with one attached hydrogen (secondary N) is 1. The van der Waals surface area contributed by atoms with Gasteiger partial charge in [-0.15, -0.1) is 0 Å². The van der Waals surface area contributed by atoms with E-state index >= 15 is 0 Å². The maximum absolute atomic E-state index is 6.27. The van der Waals surface area contributed by atoms with Crippen LogP contribution in [0.1, 0.15) is 17.5 Å². The minimum Gasteiger partial charge on any atom is -0.488 e. The summed E-state index contributed by atoms with van der Waals surface area (Å²) in [6.45, 7) is 3.31. The van der Waals surface area contributed by atoms with Gasteiger partial charge in [0.25, 0.3) is 0 Å². The lowest BCUT2D eigenvalue weighted by atomic mass is 10.0. The Balaban J connectivity index is 1.76. The van der Waals surface area contributed by atoms with E-state index in [1.54, 1.807) is 0 Å². The van der Waals surface area contributed by atoms with Crippen molar-refractivity contribution in [1.29, 1.82) is 0 Å². The maximum Gasteiger partial charge on any atom is 0.124 e.